The molecule has 0 radical (unpaired) electrons. The van der Waals surface area contributed by atoms with Gasteiger partial charge in [0.2, 0.25) is 0 Å². The molecule has 0 saturated carbocycles. The van der Waals surface area contributed by atoms with Crippen molar-refractivity contribution in [2.24, 2.45) is 0 Å². The van der Waals surface area contributed by atoms with Crippen LogP contribution in [0.5, 0.6) is 5.75 Å². The average Bonchev–Trinajstić information content (AvgIpc) is 2.31. The standard InChI is InChI=1S/C12H16O4/c1-4-16-11-7-9(12(13)15-3)5-6-10(11)8-14-2/h5-7H,4,8H2,1-3H3. The Kier molecular flexibility index (Phi) is 4.79. The molecule has 4 nitrogen and oxygen atoms in total. The third-order valence-electron chi connectivity index (χ3n) is 2.09. The summed E-state index contributed by atoms with van der Waals surface area (Å²) in [6.45, 7) is 2.89. The Hall–Kier alpha value is -1.55. The van der Waals surface area contributed by atoms with Gasteiger partial charge in [0.15, 0.2) is 0 Å². The molecule has 4 heteroatoms. The number of rotatable bonds is 5. The molecule has 0 aromatic heterocycles. The average molecular weight is 224 g/mol. The Labute approximate surface area is 95.1 Å². The van der Waals surface area contributed by atoms with Gasteiger partial charge in [-0.2, -0.15) is 0 Å². The van der Waals surface area contributed by atoms with Crippen molar-refractivity contribution in [3.63, 3.8) is 0 Å². The van der Waals surface area contributed by atoms with Gasteiger partial charge in [-0.1, -0.05) is 6.07 Å². The van der Waals surface area contributed by atoms with Gasteiger partial charge in [0, 0.05) is 12.7 Å². The fourth-order valence-corrected chi connectivity index (χ4v) is 1.36. The van der Waals surface area contributed by atoms with Crippen LogP contribution < -0.4 is 4.74 Å². The van der Waals surface area contributed by atoms with E-state index in [-0.39, 0.29) is 5.97 Å². The maximum absolute atomic E-state index is 11.3. The first-order valence-electron chi connectivity index (χ1n) is 5.05. The summed E-state index contributed by atoms with van der Waals surface area (Å²) in [5, 5.41) is 0. The number of hydrogen-bond donors (Lipinski definition) is 0. The second-order valence-electron chi connectivity index (χ2n) is 3.18. The topological polar surface area (TPSA) is 44.8 Å². The highest BCUT2D eigenvalue weighted by atomic mass is 16.5. The lowest BCUT2D eigenvalue weighted by Crippen LogP contribution is -2.04. The van der Waals surface area contributed by atoms with Crippen LogP contribution in [0.15, 0.2) is 18.2 Å². The molecule has 0 saturated heterocycles. The van der Waals surface area contributed by atoms with Crippen LogP contribution >= 0.6 is 0 Å². The van der Waals surface area contributed by atoms with E-state index in [0.29, 0.717) is 24.5 Å². The van der Waals surface area contributed by atoms with Crippen LogP contribution in [0.4, 0.5) is 0 Å². The van der Waals surface area contributed by atoms with E-state index in [2.05, 4.69) is 4.74 Å². The smallest absolute Gasteiger partial charge is 0.337 e. The van der Waals surface area contributed by atoms with Crippen LogP contribution in [0.25, 0.3) is 0 Å². The predicted molar refractivity (Wildman–Crippen MR) is 59.7 cm³/mol. The Morgan fingerprint density at radius 3 is 2.62 bits per heavy atom. The van der Waals surface area contributed by atoms with E-state index in [1.165, 1.54) is 7.11 Å². The molecule has 0 bridgehead atoms. The molecule has 0 aliphatic rings. The van der Waals surface area contributed by atoms with Crippen molar-refractivity contribution in [2.75, 3.05) is 20.8 Å². The van der Waals surface area contributed by atoms with Crippen LogP contribution in [0, 0.1) is 0 Å². The Morgan fingerprint density at radius 1 is 1.31 bits per heavy atom. The van der Waals surface area contributed by atoms with E-state index < -0.39 is 0 Å². The van der Waals surface area contributed by atoms with Gasteiger partial charge in [0.25, 0.3) is 0 Å². The maximum Gasteiger partial charge on any atom is 0.337 e. The lowest BCUT2D eigenvalue weighted by Gasteiger charge is -2.10. The Morgan fingerprint density at radius 2 is 2.06 bits per heavy atom. The molecule has 0 amide bonds. The quantitative estimate of drug-likeness (QED) is 0.718. The Bertz CT molecular complexity index is 360. The number of benzene rings is 1. The minimum atomic E-state index is -0.370. The molecular formula is C12H16O4. The van der Waals surface area contributed by atoms with Gasteiger partial charge in [-0.15, -0.1) is 0 Å². The largest absolute Gasteiger partial charge is 0.493 e. The summed E-state index contributed by atoms with van der Waals surface area (Å²) in [6, 6.07) is 5.17. The zero-order valence-electron chi connectivity index (χ0n) is 9.78. The molecule has 1 aromatic carbocycles. The summed E-state index contributed by atoms with van der Waals surface area (Å²) in [4.78, 5) is 11.3. The first-order chi connectivity index (χ1) is 7.72. The molecule has 0 atom stereocenters. The fraction of sp³-hybridized carbons (Fsp3) is 0.417. The number of methoxy groups -OCH3 is 2. The van der Waals surface area contributed by atoms with Crippen molar-refractivity contribution >= 4 is 5.97 Å². The maximum atomic E-state index is 11.3. The third-order valence-corrected chi connectivity index (χ3v) is 2.09. The number of carbonyl (C=O) groups is 1. The van der Waals surface area contributed by atoms with Crippen LogP contribution in [0.1, 0.15) is 22.8 Å². The summed E-state index contributed by atoms with van der Waals surface area (Å²) < 4.78 is 15.1. The fourth-order valence-electron chi connectivity index (χ4n) is 1.36. The zero-order chi connectivity index (χ0) is 12.0. The van der Waals surface area contributed by atoms with E-state index >= 15 is 0 Å². The highest BCUT2D eigenvalue weighted by Gasteiger charge is 2.10. The zero-order valence-corrected chi connectivity index (χ0v) is 9.78. The molecule has 1 rings (SSSR count). The molecule has 0 fully saturated rings. The van der Waals surface area contributed by atoms with Crippen LogP contribution in [-0.4, -0.2) is 26.8 Å². The van der Waals surface area contributed by atoms with Gasteiger partial charge in [-0.25, -0.2) is 4.79 Å². The monoisotopic (exact) mass is 224 g/mol. The summed E-state index contributed by atoms with van der Waals surface area (Å²) in [6.07, 6.45) is 0. The van der Waals surface area contributed by atoms with Gasteiger partial charge in [0.1, 0.15) is 5.75 Å². The van der Waals surface area contributed by atoms with Crippen molar-refractivity contribution < 1.29 is 19.0 Å². The van der Waals surface area contributed by atoms with E-state index in [1.54, 1.807) is 25.3 Å². The first-order valence-corrected chi connectivity index (χ1v) is 5.05. The molecule has 0 heterocycles. The lowest BCUT2D eigenvalue weighted by atomic mass is 10.1. The third kappa shape index (κ3) is 2.97. The Balaban J connectivity index is 3.01. The van der Waals surface area contributed by atoms with Crippen molar-refractivity contribution in [2.45, 2.75) is 13.5 Å². The molecule has 0 unspecified atom stereocenters. The molecule has 0 aliphatic heterocycles. The predicted octanol–water partition coefficient (Wildman–Crippen LogP) is 2.02. The summed E-state index contributed by atoms with van der Waals surface area (Å²) in [7, 11) is 2.97. The van der Waals surface area contributed by atoms with E-state index in [4.69, 9.17) is 9.47 Å². The summed E-state index contributed by atoms with van der Waals surface area (Å²) in [5.41, 5.74) is 1.39. The van der Waals surface area contributed by atoms with Gasteiger partial charge >= 0.3 is 5.97 Å². The van der Waals surface area contributed by atoms with Crippen molar-refractivity contribution in [3.8, 4) is 5.75 Å². The number of hydrogen-bond acceptors (Lipinski definition) is 4. The molecule has 88 valence electrons. The van der Waals surface area contributed by atoms with Gasteiger partial charge in [0.05, 0.1) is 25.9 Å². The minimum absolute atomic E-state index is 0.370. The van der Waals surface area contributed by atoms with Crippen molar-refractivity contribution in [3.05, 3.63) is 29.3 Å². The van der Waals surface area contributed by atoms with Crippen molar-refractivity contribution in [1.29, 1.82) is 0 Å². The molecular weight excluding hydrogens is 208 g/mol. The van der Waals surface area contributed by atoms with Crippen LogP contribution in [0.3, 0.4) is 0 Å². The second-order valence-corrected chi connectivity index (χ2v) is 3.18. The SMILES string of the molecule is CCOc1cc(C(=O)OC)ccc1COC. The summed E-state index contributed by atoms with van der Waals surface area (Å²) >= 11 is 0. The highest BCUT2D eigenvalue weighted by molar-refractivity contribution is 5.89. The first kappa shape index (κ1) is 12.5. The van der Waals surface area contributed by atoms with Gasteiger partial charge < -0.3 is 14.2 Å². The lowest BCUT2D eigenvalue weighted by molar-refractivity contribution is 0.0600. The van der Waals surface area contributed by atoms with Crippen LogP contribution in [0.2, 0.25) is 0 Å². The van der Waals surface area contributed by atoms with Crippen molar-refractivity contribution in [1.82, 2.24) is 0 Å². The molecule has 0 spiro atoms. The normalized spacial score (nSPS) is 9.94. The molecule has 1 aromatic rings. The highest BCUT2D eigenvalue weighted by Crippen LogP contribution is 2.21. The van der Waals surface area contributed by atoms with Crippen LogP contribution in [-0.2, 0) is 16.1 Å². The molecule has 0 N–H and O–H groups in total. The van der Waals surface area contributed by atoms with E-state index in [9.17, 15) is 4.79 Å². The van der Waals surface area contributed by atoms with E-state index in [1.807, 2.05) is 6.92 Å². The minimum Gasteiger partial charge on any atom is -0.493 e. The summed E-state index contributed by atoms with van der Waals surface area (Å²) in [5.74, 6) is 0.289. The number of carbonyl (C=O) groups excluding carboxylic acids is 1. The van der Waals surface area contributed by atoms with Gasteiger partial charge in [-0.3, -0.25) is 0 Å². The second kappa shape index (κ2) is 6.12. The van der Waals surface area contributed by atoms with Gasteiger partial charge in [-0.05, 0) is 19.1 Å². The molecule has 0 aliphatic carbocycles. The molecule has 16 heavy (non-hydrogen) atoms. The number of ether oxygens (including phenoxy) is 3. The number of esters is 1. The van der Waals surface area contributed by atoms with E-state index in [0.717, 1.165) is 5.56 Å².